The molecule has 2 aromatic carbocycles. The van der Waals surface area contributed by atoms with Gasteiger partial charge in [0, 0.05) is 15.4 Å². The number of para-hydroxylation sites is 1. The van der Waals surface area contributed by atoms with Crippen molar-refractivity contribution in [3.8, 4) is 0 Å². The predicted octanol–water partition coefficient (Wildman–Crippen LogP) is 3.68. The Hall–Kier alpha value is -2.08. The van der Waals surface area contributed by atoms with Crippen LogP contribution in [0.25, 0.3) is 10.9 Å². The number of nitrogens with one attached hydrogen (secondary N) is 1. The third-order valence-electron chi connectivity index (χ3n) is 3.40. The minimum Gasteiger partial charge on any atom is -0.277 e. The Morgan fingerprint density at radius 3 is 2.78 bits per heavy atom. The summed E-state index contributed by atoms with van der Waals surface area (Å²) in [6.45, 7) is 0.427. The van der Waals surface area contributed by atoms with Crippen LogP contribution in [0.1, 0.15) is 16.1 Å². The molecule has 3 rings (SSSR count). The summed E-state index contributed by atoms with van der Waals surface area (Å²) in [5, 5.41) is 6.27. The zero-order chi connectivity index (χ0) is 16.4. The topological polar surface area (TPSA) is 56.1 Å². The molecule has 3 aromatic rings. The van der Waals surface area contributed by atoms with Gasteiger partial charge in [-0.15, -0.1) is 0 Å². The maximum Gasteiger partial charge on any atom is 0.295 e. The highest BCUT2D eigenvalue weighted by Gasteiger charge is 2.17. The number of benzene rings is 2. The van der Waals surface area contributed by atoms with E-state index in [9.17, 15) is 4.79 Å². The van der Waals surface area contributed by atoms with Gasteiger partial charge in [0.05, 0.1) is 19.2 Å². The zero-order valence-electron chi connectivity index (χ0n) is 12.2. The van der Waals surface area contributed by atoms with Crippen molar-refractivity contribution in [1.82, 2.24) is 15.3 Å². The molecule has 0 aliphatic carbocycles. The average molecular weight is 350 g/mol. The van der Waals surface area contributed by atoms with Gasteiger partial charge in [-0.25, -0.2) is 5.48 Å². The lowest BCUT2D eigenvalue weighted by Gasteiger charge is -2.06. The van der Waals surface area contributed by atoms with Crippen LogP contribution in [-0.2, 0) is 11.4 Å². The second-order valence-electron chi connectivity index (χ2n) is 4.89. The standard InChI is InChI=1S/C16H13Cl2N3O2/c1-23-20-16(22)15-12-4-2-3-5-14(12)21(19-15)9-10-6-7-11(17)8-13(10)18/h2-8H,9H2,1H3,(H,20,22). The van der Waals surface area contributed by atoms with Gasteiger partial charge in [0.15, 0.2) is 5.69 Å². The molecule has 118 valence electrons. The van der Waals surface area contributed by atoms with Gasteiger partial charge < -0.3 is 0 Å². The highest BCUT2D eigenvalue weighted by molar-refractivity contribution is 6.35. The number of nitrogens with zero attached hydrogens (tertiary/aromatic N) is 2. The number of hydrogen-bond acceptors (Lipinski definition) is 3. The summed E-state index contributed by atoms with van der Waals surface area (Å²) in [6.07, 6.45) is 0. The van der Waals surface area contributed by atoms with E-state index >= 15 is 0 Å². The summed E-state index contributed by atoms with van der Waals surface area (Å²) in [6, 6.07) is 12.8. The molecule has 0 fully saturated rings. The van der Waals surface area contributed by atoms with Crippen LogP contribution < -0.4 is 5.48 Å². The minimum atomic E-state index is -0.398. The van der Waals surface area contributed by atoms with E-state index in [4.69, 9.17) is 23.2 Å². The monoisotopic (exact) mass is 349 g/mol. The van der Waals surface area contributed by atoms with Gasteiger partial charge in [-0.3, -0.25) is 14.3 Å². The highest BCUT2D eigenvalue weighted by atomic mass is 35.5. The van der Waals surface area contributed by atoms with Crippen molar-refractivity contribution in [2.45, 2.75) is 6.54 Å². The number of aromatic nitrogens is 2. The Morgan fingerprint density at radius 2 is 2.04 bits per heavy atom. The van der Waals surface area contributed by atoms with E-state index < -0.39 is 5.91 Å². The Balaban J connectivity index is 2.05. The number of hydroxylamine groups is 1. The predicted molar refractivity (Wildman–Crippen MR) is 89.8 cm³/mol. The summed E-state index contributed by atoms with van der Waals surface area (Å²) in [5.74, 6) is -0.398. The van der Waals surface area contributed by atoms with Crippen molar-refractivity contribution >= 4 is 40.0 Å². The molecule has 7 heteroatoms. The van der Waals surface area contributed by atoms with E-state index in [-0.39, 0.29) is 0 Å². The van der Waals surface area contributed by atoms with Crippen LogP contribution in [0.15, 0.2) is 42.5 Å². The van der Waals surface area contributed by atoms with Crippen molar-refractivity contribution < 1.29 is 9.63 Å². The first-order valence-electron chi connectivity index (χ1n) is 6.83. The Bertz CT molecular complexity index is 877. The van der Waals surface area contributed by atoms with E-state index in [0.29, 0.717) is 22.3 Å². The second kappa shape index (κ2) is 6.58. The number of fused-ring (bicyclic) bond motifs is 1. The molecule has 0 atom stereocenters. The molecule has 0 radical (unpaired) electrons. The third-order valence-corrected chi connectivity index (χ3v) is 3.99. The number of carbonyl (C=O) groups excluding carboxylic acids is 1. The summed E-state index contributed by atoms with van der Waals surface area (Å²) < 4.78 is 1.73. The number of hydrogen-bond donors (Lipinski definition) is 1. The van der Waals surface area contributed by atoms with Crippen LogP contribution in [0, 0.1) is 0 Å². The number of amides is 1. The van der Waals surface area contributed by atoms with Gasteiger partial charge in [-0.2, -0.15) is 5.10 Å². The molecule has 1 heterocycles. The van der Waals surface area contributed by atoms with Crippen LogP contribution in [0.3, 0.4) is 0 Å². The van der Waals surface area contributed by atoms with Gasteiger partial charge in [0.1, 0.15) is 0 Å². The van der Waals surface area contributed by atoms with Crippen molar-refractivity contribution in [2.75, 3.05) is 7.11 Å². The molecule has 0 aliphatic rings. The van der Waals surface area contributed by atoms with E-state index in [0.717, 1.165) is 16.5 Å². The summed E-state index contributed by atoms with van der Waals surface area (Å²) in [7, 11) is 1.38. The number of rotatable bonds is 4. The molecule has 0 unspecified atom stereocenters. The smallest absolute Gasteiger partial charge is 0.277 e. The fraction of sp³-hybridized carbons (Fsp3) is 0.125. The normalized spacial score (nSPS) is 10.9. The molecule has 0 saturated heterocycles. The van der Waals surface area contributed by atoms with Crippen molar-refractivity contribution in [2.24, 2.45) is 0 Å². The molecule has 0 saturated carbocycles. The molecule has 0 spiro atoms. The molecule has 0 aliphatic heterocycles. The maximum absolute atomic E-state index is 12.1. The van der Waals surface area contributed by atoms with Crippen molar-refractivity contribution in [3.63, 3.8) is 0 Å². The lowest BCUT2D eigenvalue weighted by atomic mass is 10.2. The molecule has 1 amide bonds. The zero-order valence-corrected chi connectivity index (χ0v) is 13.7. The number of halogens is 2. The molecule has 1 aromatic heterocycles. The fourth-order valence-electron chi connectivity index (χ4n) is 2.37. The van der Waals surface area contributed by atoms with Crippen LogP contribution in [0.2, 0.25) is 10.0 Å². The molecular formula is C16H13Cl2N3O2. The fourth-order valence-corrected chi connectivity index (χ4v) is 2.84. The third kappa shape index (κ3) is 3.17. The minimum absolute atomic E-state index is 0.299. The second-order valence-corrected chi connectivity index (χ2v) is 5.74. The lowest BCUT2D eigenvalue weighted by Crippen LogP contribution is -2.22. The molecule has 0 bridgehead atoms. The number of carbonyl (C=O) groups is 1. The van der Waals surface area contributed by atoms with Gasteiger partial charge in [-0.05, 0) is 23.8 Å². The van der Waals surface area contributed by atoms with Gasteiger partial charge in [-0.1, -0.05) is 47.5 Å². The van der Waals surface area contributed by atoms with Crippen LogP contribution in [0.5, 0.6) is 0 Å². The summed E-state index contributed by atoms with van der Waals surface area (Å²) in [5.41, 5.74) is 4.29. The Morgan fingerprint density at radius 1 is 1.26 bits per heavy atom. The molecular weight excluding hydrogens is 337 g/mol. The van der Waals surface area contributed by atoms with Crippen LogP contribution in [-0.4, -0.2) is 22.8 Å². The van der Waals surface area contributed by atoms with Crippen molar-refractivity contribution in [3.05, 3.63) is 63.8 Å². The maximum atomic E-state index is 12.1. The lowest BCUT2D eigenvalue weighted by molar-refractivity contribution is 0.0533. The molecule has 23 heavy (non-hydrogen) atoms. The summed E-state index contributed by atoms with van der Waals surface area (Å²) in [4.78, 5) is 16.8. The van der Waals surface area contributed by atoms with E-state index in [1.165, 1.54) is 7.11 Å². The molecule has 1 N–H and O–H groups in total. The Labute approximate surface area is 142 Å². The van der Waals surface area contributed by atoms with Crippen molar-refractivity contribution in [1.29, 1.82) is 0 Å². The average Bonchev–Trinajstić information content (AvgIpc) is 2.89. The first-order chi connectivity index (χ1) is 11.1. The highest BCUT2D eigenvalue weighted by Crippen LogP contribution is 2.24. The van der Waals surface area contributed by atoms with Gasteiger partial charge in [0.25, 0.3) is 5.91 Å². The van der Waals surface area contributed by atoms with Crippen LogP contribution in [0.4, 0.5) is 0 Å². The largest absolute Gasteiger partial charge is 0.295 e. The quantitative estimate of drug-likeness (QED) is 0.731. The van der Waals surface area contributed by atoms with E-state index in [1.807, 2.05) is 30.3 Å². The first-order valence-corrected chi connectivity index (χ1v) is 7.58. The molecule has 5 nitrogen and oxygen atoms in total. The SMILES string of the molecule is CONC(=O)c1nn(Cc2ccc(Cl)cc2Cl)c2ccccc12. The van der Waals surface area contributed by atoms with Gasteiger partial charge >= 0.3 is 0 Å². The van der Waals surface area contributed by atoms with Gasteiger partial charge in [0.2, 0.25) is 0 Å². The van der Waals surface area contributed by atoms with Crippen LogP contribution >= 0.6 is 23.2 Å². The summed E-state index contributed by atoms with van der Waals surface area (Å²) >= 11 is 12.1. The first kappa shape index (κ1) is 15.8. The Kier molecular flexibility index (Phi) is 4.52. The van der Waals surface area contributed by atoms with E-state index in [2.05, 4.69) is 15.4 Å². The van der Waals surface area contributed by atoms with E-state index in [1.54, 1.807) is 16.8 Å².